The highest BCUT2D eigenvalue weighted by atomic mass is 31.2. The van der Waals surface area contributed by atoms with Crippen LogP contribution < -0.4 is 5.32 Å². The molecule has 1 atom stereocenters. The van der Waals surface area contributed by atoms with Crippen LogP contribution in [0.1, 0.15) is 30.9 Å². The van der Waals surface area contributed by atoms with Crippen LogP contribution in [0.3, 0.4) is 0 Å². The molecule has 1 aromatic heterocycles. The van der Waals surface area contributed by atoms with E-state index >= 15 is 0 Å². The molecule has 0 saturated carbocycles. The first kappa shape index (κ1) is 19.4. The van der Waals surface area contributed by atoms with Crippen molar-refractivity contribution in [2.45, 2.75) is 25.9 Å². The Morgan fingerprint density at radius 3 is 2.56 bits per heavy atom. The molecular weight excluding hydrogens is 365 g/mol. The first-order valence-electron chi connectivity index (χ1n) is 8.81. The highest BCUT2D eigenvalue weighted by Crippen LogP contribution is 2.51. The van der Waals surface area contributed by atoms with Crippen LogP contribution >= 0.6 is 7.60 Å². The SMILES string of the molecule is CCOP(=O)(Cc1ccc(N=CC2C(=O)Nc3ncccc32)cc1)OCC. The summed E-state index contributed by atoms with van der Waals surface area (Å²) in [6, 6.07) is 10.9. The predicted octanol–water partition coefficient (Wildman–Crippen LogP) is 4.29. The Balaban J connectivity index is 1.70. The topological polar surface area (TPSA) is 89.9 Å². The number of aliphatic imine (C=N–C) groups is 1. The fourth-order valence-electron chi connectivity index (χ4n) is 2.85. The van der Waals surface area contributed by atoms with E-state index in [4.69, 9.17) is 9.05 Å². The molecule has 0 spiro atoms. The van der Waals surface area contributed by atoms with Gasteiger partial charge in [-0.25, -0.2) is 4.98 Å². The molecule has 2 aromatic rings. The van der Waals surface area contributed by atoms with E-state index in [1.54, 1.807) is 32.3 Å². The van der Waals surface area contributed by atoms with Gasteiger partial charge in [-0.05, 0) is 37.6 Å². The van der Waals surface area contributed by atoms with Gasteiger partial charge in [-0.15, -0.1) is 0 Å². The maximum absolute atomic E-state index is 12.6. The van der Waals surface area contributed by atoms with Crippen molar-refractivity contribution in [2.24, 2.45) is 4.99 Å². The van der Waals surface area contributed by atoms with Gasteiger partial charge in [0.1, 0.15) is 11.7 Å². The summed E-state index contributed by atoms with van der Waals surface area (Å²) in [6.45, 7) is 4.24. The molecule has 0 bridgehead atoms. The summed E-state index contributed by atoms with van der Waals surface area (Å²) in [5.41, 5.74) is 2.36. The Hall–Kier alpha value is -2.34. The van der Waals surface area contributed by atoms with Crippen LogP contribution in [-0.2, 0) is 24.6 Å². The number of fused-ring (bicyclic) bond motifs is 1. The van der Waals surface area contributed by atoms with Crippen LogP contribution in [0.2, 0.25) is 0 Å². The van der Waals surface area contributed by atoms with Crippen LogP contribution in [0.5, 0.6) is 0 Å². The van der Waals surface area contributed by atoms with Crippen molar-refractivity contribution in [3.05, 3.63) is 53.7 Å². The van der Waals surface area contributed by atoms with E-state index in [9.17, 15) is 9.36 Å². The van der Waals surface area contributed by atoms with Gasteiger partial charge in [0.2, 0.25) is 5.91 Å². The zero-order valence-corrected chi connectivity index (χ0v) is 16.2. The van der Waals surface area contributed by atoms with E-state index in [1.165, 1.54) is 0 Å². The third-order valence-corrected chi connectivity index (χ3v) is 6.09. The lowest BCUT2D eigenvalue weighted by Crippen LogP contribution is -2.12. The lowest BCUT2D eigenvalue weighted by atomic mass is 10.0. The number of benzene rings is 1. The Morgan fingerprint density at radius 2 is 1.89 bits per heavy atom. The average molecular weight is 387 g/mol. The molecular formula is C19H22N3O4P. The van der Waals surface area contributed by atoms with Gasteiger partial charge in [-0.3, -0.25) is 14.4 Å². The monoisotopic (exact) mass is 387 g/mol. The lowest BCUT2D eigenvalue weighted by Gasteiger charge is -2.16. The zero-order valence-electron chi connectivity index (χ0n) is 15.3. The van der Waals surface area contributed by atoms with Crippen molar-refractivity contribution in [2.75, 3.05) is 18.5 Å². The predicted molar refractivity (Wildman–Crippen MR) is 105 cm³/mol. The van der Waals surface area contributed by atoms with Crippen molar-refractivity contribution in [1.82, 2.24) is 4.98 Å². The van der Waals surface area contributed by atoms with Crippen molar-refractivity contribution < 1.29 is 18.4 Å². The Kier molecular flexibility index (Phi) is 6.16. The number of rotatable bonds is 8. The molecule has 142 valence electrons. The normalized spacial score (nSPS) is 16.5. The molecule has 1 aliphatic heterocycles. The van der Waals surface area contributed by atoms with E-state index in [1.807, 2.05) is 30.3 Å². The highest BCUT2D eigenvalue weighted by Gasteiger charge is 2.29. The maximum Gasteiger partial charge on any atom is 0.335 e. The Bertz CT molecular complexity index is 873. The van der Waals surface area contributed by atoms with Crippen LogP contribution in [0.15, 0.2) is 47.6 Å². The summed E-state index contributed by atoms with van der Waals surface area (Å²) in [5.74, 6) is -0.0140. The Morgan fingerprint density at radius 1 is 1.19 bits per heavy atom. The summed E-state index contributed by atoms with van der Waals surface area (Å²) >= 11 is 0. The lowest BCUT2D eigenvalue weighted by molar-refractivity contribution is -0.115. The molecule has 1 unspecified atom stereocenters. The number of nitrogens with one attached hydrogen (secondary N) is 1. The molecule has 7 nitrogen and oxygen atoms in total. The number of amides is 1. The van der Waals surface area contributed by atoms with Gasteiger partial charge in [0.05, 0.1) is 25.1 Å². The molecule has 8 heteroatoms. The third-order valence-electron chi connectivity index (χ3n) is 4.03. The van der Waals surface area contributed by atoms with Gasteiger partial charge >= 0.3 is 7.60 Å². The van der Waals surface area contributed by atoms with Crippen molar-refractivity contribution >= 4 is 31.2 Å². The van der Waals surface area contributed by atoms with E-state index < -0.39 is 13.5 Å². The fourth-order valence-corrected chi connectivity index (χ4v) is 4.55. The minimum absolute atomic E-state index is 0.140. The number of anilines is 1. The summed E-state index contributed by atoms with van der Waals surface area (Å²) in [4.78, 5) is 20.6. The van der Waals surface area contributed by atoms with Crippen molar-refractivity contribution in [1.29, 1.82) is 0 Å². The minimum atomic E-state index is -3.13. The van der Waals surface area contributed by atoms with Crippen LogP contribution in [0.25, 0.3) is 0 Å². The molecule has 0 radical (unpaired) electrons. The second-order valence-corrected chi connectivity index (χ2v) is 8.01. The number of hydrogen-bond donors (Lipinski definition) is 1. The van der Waals surface area contributed by atoms with Gasteiger partial charge in [-0.1, -0.05) is 18.2 Å². The molecule has 0 aliphatic carbocycles. The average Bonchev–Trinajstić information content (AvgIpc) is 2.96. The number of carbonyl (C=O) groups is 1. The van der Waals surface area contributed by atoms with Gasteiger partial charge in [-0.2, -0.15) is 0 Å². The molecule has 2 heterocycles. The summed E-state index contributed by atoms with van der Waals surface area (Å²) in [7, 11) is -3.13. The number of nitrogens with zero attached hydrogens (tertiary/aromatic N) is 2. The minimum Gasteiger partial charge on any atom is -0.310 e. The molecule has 1 aliphatic rings. The molecule has 0 fully saturated rings. The van der Waals surface area contributed by atoms with E-state index in [-0.39, 0.29) is 12.1 Å². The smallest absolute Gasteiger partial charge is 0.310 e. The second-order valence-electron chi connectivity index (χ2n) is 5.96. The van der Waals surface area contributed by atoms with Gasteiger partial charge < -0.3 is 14.4 Å². The summed E-state index contributed by atoms with van der Waals surface area (Å²) < 4.78 is 23.2. The fraction of sp³-hybridized carbons (Fsp3) is 0.316. The summed E-state index contributed by atoms with van der Waals surface area (Å²) in [6.07, 6.45) is 3.46. The molecule has 1 amide bonds. The van der Waals surface area contributed by atoms with Crippen molar-refractivity contribution in [3.8, 4) is 0 Å². The Labute approximate surface area is 158 Å². The number of pyridine rings is 1. The van der Waals surface area contributed by atoms with Crippen LogP contribution in [0.4, 0.5) is 11.5 Å². The molecule has 1 aromatic carbocycles. The quantitative estimate of drug-likeness (QED) is 0.539. The van der Waals surface area contributed by atoms with E-state index in [0.29, 0.717) is 24.7 Å². The second kappa shape index (κ2) is 8.57. The number of hydrogen-bond acceptors (Lipinski definition) is 6. The van der Waals surface area contributed by atoms with Gasteiger partial charge in [0.25, 0.3) is 0 Å². The van der Waals surface area contributed by atoms with E-state index in [0.717, 1.165) is 11.1 Å². The number of carbonyl (C=O) groups excluding carboxylic acids is 1. The molecule has 1 N–H and O–H groups in total. The standard InChI is InChI=1S/C19H22N3O4P/c1-3-25-27(24,26-4-2)13-14-7-9-15(10-8-14)21-12-17-16-6-5-11-20-18(16)22-19(17)23/h5-12,17H,3-4,13H2,1-2H3,(H,20,22,23). The van der Waals surface area contributed by atoms with Crippen molar-refractivity contribution in [3.63, 3.8) is 0 Å². The highest BCUT2D eigenvalue weighted by molar-refractivity contribution is 7.53. The van der Waals surface area contributed by atoms with Crippen LogP contribution in [-0.4, -0.2) is 30.3 Å². The zero-order chi connectivity index (χ0) is 19.3. The molecule has 27 heavy (non-hydrogen) atoms. The largest absolute Gasteiger partial charge is 0.335 e. The molecule has 3 rings (SSSR count). The maximum atomic E-state index is 12.6. The van der Waals surface area contributed by atoms with Gasteiger partial charge in [0.15, 0.2) is 0 Å². The third kappa shape index (κ3) is 4.69. The summed E-state index contributed by atoms with van der Waals surface area (Å²) in [5, 5.41) is 2.74. The first-order valence-corrected chi connectivity index (χ1v) is 10.5. The number of aromatic nitrogens is 1. The van der Waals surface area contributed by atoms with Gasteiger partial charge in [0, 0.05) is 18.0 Å². The van der Waals surface area contributed by atoms with Crippen LogP contribution in [0, 0.1) is 0 Å². The first-order chi connectivity index (χ1) is 13.0. The van der Waals surface area contributed by atoms with E-state index in [2.05, 4.69) is 15.3 Å². The molecule has 0 saturated heterocycles.